The van der Waals surface area contributed by atoms with Crippen molar-refractivity contribution in [3.05, 3.63) is 81.1 Å². The number of phenols is 1. The number of amides is 1. The van der Waals surface area contributed by atoms with E-state index < -0.39 is 58.0 Å². The second-order valence-electron chi connectivity index (χ2n) is 11.0. The van der Waals surface area contributed by atoms with E-state index in [1.54, 1.807) is 14.1 Å². The van der Waals surface area contributed by atoms with E-state index in [1.807, 2.05) is 31.2 Å². The normalized spacial score (nSPS) is 26.4. The monoisotopic (exact) mass is 532 g/mol. The van der Waals surface area contributed by atoms with E-state index in [2.05, 4.69) is 6.07 Å². The Morgan fingerprint density at radius 1 is 1.10 bits per heavy atom. The van der Waals surface area contributed by atoms with Gasteiger partial charge in [-0.15, -0.1) is 0 Å². The van der Waals surface area contributed by atoms with Crippen LogP contribution < -0.4 is 5.73 Å². The molecular formula is C30H32N2O7. The van der Waals surface area contributed by atoms with Crippen molar-refractivity contribution in [2.45, 2.75) is 44.2 Å². The molecule has 2 unspecified atom stereocenters. The maximum Gasteiger partial charge on any atom is 0.255 e. The fourth-order valence-electron chi connectivity index (χ4n) is 6.69. The van der Waals surface area contributed by atoms with Gasteiger partial charge >= 0.3 is 0 Å². The molecule has 0 aliphatic heterocycles. The van der Waals surface area contributed by atoms with Gasteiger partial charge in [0.05, 0.1) is 11.6 Å². The van der Waals surface area contributed by atoms with Gasteiger partial charge in [0.25, 0.3) is 5.91 Å². The number of phenolic OH excluding ortho intramolecular Hbond substituents is 1. The summed E-state index contributed by atoms with van der Waals surface area (Å²) in [6.07, 6.45) is 1.71. The number of rotatable bonds is 5. The summed E-state index contributed by atoms with van der Waals surface area (Å²) < 4.78 is 0. The van der Waals surface area contributed by atoms with Gasteiger partial charge < -0.3 is 26.2 Å². The van der Waals surface area contributed by atoms with Gasteiger partial charge in [-0.3, -0.25) is 19.3 Å². The number of Topliss-reactive ketones (excluding diaryl/α,β-unsaturated/α-hetero) is 2. The van der Waals surface area contributed by atoms with Crippen molar-refractivity contribution in [1.82, 2.24) is 4.90 Å². The predicted molar refractivity (Wildman–Crippen MR) is 143 cm³/mol. The molecule has 4 atom stereocenters. The molecule has 2 aromatic rings. The minimum absolute atomic E-state index is 0.0682. The van der Waals surface area contributed by atoms with Crippen molar-refractivity contribution in [3.8, 4) is 5.75 Å². The molecule has 1 saturated carbocycles. The Bertz CT molecular complexity index is 1490. The van der Waals surface area contributed by atoms with Crippen LogP contribution in [0.25, 0.3) is 5.76 Å². The number of primary amides is 1. The maximum absolute atomic E-state index is 13.9. The summed E-state index contributed by atoms with van der Waals surface area (Å²) in [4.78, 5) is 40.7. The minimum atomic E-state index is -2.64. The second kappa shape index (κ2) is 9.36. The number of aryl methyl sites for hydroxylation is 3. The number of carbonyl (C=O) groups excluding carboxylic acids is 3. The molecule has 6 N–H and O–H groups in total. The van der Waals surface area contributed by atoms with Crippen LogP contribution in [0.4, 0.5) is 0 Å². The number of nitrogens with two attached hydrogens (primary N) is 1. The first kappa shape index (κ1) is 26.6. The molecule has 0 radical (unpaired) electrons. The summed E-state index contributed by atoms with van der Waals surface area (Å²) in [6.45, 7) is 2.02. The van der Waals surface area contributed by atoms with Crippen LogP contribution in [0.1, 0.15) is 34.2 Å². The zero-order valence-electron chi connectivity index (χ0n) is 22.1. The first-order chi connectivity index (χ1) is 18.4. The molecular weight excluding hydrogens is 500 g/mol. The molecule has 9 heteroatoms. The molecule has 1 amide bonds. The third kappa shape index (κ3) is 3.95. The van der Waals surface area contributed by atoms with E-state index >= 15 is 0 Å². The average molecular weight is 533 g/mol. The van der Waals surface area contributed by atoms with Crippen LogP contribution in [0.5, 0.6) is 5.75 Å². The Morgan fingerprint density at radius 2 is 1.82 bits per heavy atom. The Morgan fingerprint density at radius 3 is 2.46 bits per heavy atom. The molecule has 2 aromatic carbocycles. The third-order valence-corrected chi connectivity index (χ3v) is 8.47. The van der Waals surface area contributed by atoms with Crippen molar-refractivity contribution < 1.29 is 34.8 Å². The van der Waals surface area contributed by atoms with E-state index in [0.29, 0.717) is 12.0 Å². The zero-order chi connectivity index (χ0) is 28.4. The minimum Gasteiger partial charge on any atom is -0.508 e. The Hall–Kier alpha value is -3.95. The molecule has 9 nitrogen and oxygen atoms in total. The van der Waals surface area contributed by atoms with Gasteiger partial charge in [-0.25, -0.2) is 0 Å². The topological polar surface area (TPSA) is 161 Å². The molecule has 0 saturated heterocycles. The Kier molecular flexibility index (Phi) is 6.39. The lowest BCUT2D eigenvalue weighted by atomic mass is 9.57. The number of nitrogens with zero attached hydrogens (tertiary/aromatic N) is 1. The highest BCUT2D eigenvalue weighted by atomic mass is 16.3. The zero-order valence-corrected chi connectivity index (χ0v) is 22.1. The summed E-state index contributed by atoms with van der Waals surface area (Å²) >= 11 is 0. The van der Waals surface area contributed by atoms with E-state index in [-0.39, 0.29) is 29.7 Å². The van der Waals surface area contributed by atoms with E-state index in [9.17, 15) is 34.8 Å². The van der Waals surface area contributed by atoms with Crippen molar-refractivity contribution in [2.24, 2.45) is 17.6 Å². The standard InChI is InChI=1S/C30H32N2O7/c1-14-5-4-6-15(11-14)7-8-16-9-10-20(33)22-18(16)12-17-13-19-24(32(2)3)26(35)23(29(31)38)28(37)30(19,39)27(36)21(17)25(22)34/h4-6,9-11,17,19,24,33-34,37,39H,7-8,12-13H2,1-3H3,(H2,31,38)/t17?,19?,24-,30-/m0/s1. The average Bonchev–Trinajstić information content (AvgIpc) is 2.85. The first-order valence-corrected chi connectivity index (χ1v) is 12.9. The van der Waals surface area contributed by atoms with Gasteiger partial charge in [0.1, 0.15) is 22.8 Å². The van der Waals surface area contributed by atoms with Crippen LogP contribution in [0, 0.1) is 18.8 Å². The van der Waals surface area contributed by atoms with Crippen molar-refractivity contribution in [2.75, 3.05) is 14.1 Å². The summed E-state index contributed by atoms with van der Waals surface area (Å²) in [5, 5.41) is 44.7. The smallest absolute Gasteiger partial charge is 0.255 e. The largest absolute Gasteiger partial charge is 0.508 e. The van der Waals surface area contributed by atoms with E-state index in [0.717, 1.165) is 23.1 Å². The fraction of sp³-hybridized carbons (Fsp3) is 0.367. The van der Waals surface area contributed by atoms with Gasteiger partial charge in [0.15, 0.2) is 11.4 Å². The van der Waals surface area contributed by atoms with Gasteiger partial charge in [-0.05, 0) is 75.4 Å². The van der Waals surface area contributed by atoms with Crippen molar-refractivity contribution in [3.63, 3.8) is 0 Å². The molecule has 3 aliphatic rings. The first-order valence-electron chi connectivity index (χ1n) is 12.9. The summed E-state index contributed by atoms with van der Waals surface area (Å²) in [7, 11) is 3.16. The fourth-order valence-corrected chi connectivity index (χ4v) is 6.69. The maximum atomic E-state index is 13.9. The van der Waals surface area contributed by atoms with Crippen LogP contribution in [0.2, 0.25) is 0 Å². The van der Waals surface area contributed by atoms with E-state index in [1.165, 1.54) is 11.0 Å². The molecule has 0 heterocycles. The number of carbonyl (C=O) groups is 3. The quantitative estimate of drug-likeness (QED) is 0.366. The van der Waals surface area contributed by atoms with Gasteiger partial charge in [-0.1, -0.05) is 35.9 Å². The molecule has 0 spiro atoms. The summed E-state index contributed by atoms with van der Waals surface area (Å²) in [6, 6.07) is 10.3. The SMILES string of the molecule is Cc1cccc(CCc2ccc(O)c3c2CC2CC4[C@H](N(C)C)C(=O)C(C(N)=O)=C(O)[C@@]4(O)C(=O)C2=C3O)c1. The number of aromatic hydroxyl groups is 1. The summed E-state index contributed by atoms with van der Waals surface area (Å²) in [5.74, 6) is -6.48. The lowest BCUT2D eigenvalue weighted by Gasteiger charge is -2.50. The lowest BCUT2D eigenvalue weighted by molar-refractivity contribution is -0.153. The van der Waals surface area contributed by atoms with Gasteiger partial charge in [0, 0.05) is 11.5 Å². The molecule has 0 bridgehead atoms. The van der Waals surface area contributed by atoms with Gasteiger partial charge in [-0.2, -0.15) is 0 Å². The Labute approximate surface area is 225 Å². The Balaban J connectivity index is 1.62. The second-order valence-corrected chi connectivity index (χ2v) is 11.0. The van der Waals surface area contributed by atoms with Crippen molar-refractivity contribution >= 4 is 23.2 Å². The van der Waals surface area contributed by atoms with Crippen LogP contribution in [0.3, 0.4) is 0 Å². The lowest BCUT2D eigenvalue weighted by Crippen LogP contribution is -2.65. The highest BCUT2D eigenvalue weighted by Gasteiger charge is 2.64. The van der Waals surface area contributed by atoms with Crippen LogP contribution in [0.15, 0.2) is 53.3 Å². The van der Waals surface area contributed by atoms with Crippen LogP contribution >= 0.6 is 0 Å². The molecule has 3 aliphatic carbocycles. The van der Waals surface area contributed by atoms with Crippen LogP contribution in [-0.4, -0.2) is 68.5 Å². The number of likely N-dealkylation sites (N-methyl/N-ethyl adjacent to an activating group) is 1. The third-order valence-electron chi connectivity index (χ3n) is 8.47. The van der Waals surface area contributed by atoms with Gasteiger partial charge in [0.2, 0.25) is 5.78 Å². The molecule has 0 aromatic heterocycles. The van der Waals surface area contributed by atoms with Crippen LogP contribution in [-0.2, 0) is 33.6 Å². The number of aliphatic hydroxyl groups is 3. The summed E-state index contributed by atoms with van der Waals surface area (Å²) in [5.41, 5.74) is 5.78. The highest BCUT2D eigenvalue weighted by Crippen LogP contribution is 2.53. The molecule has 5 rings (SSSR count). The number of fused-ring (bicyclic) bond motifs is 3. The molecule has 1 fully saturated rings. The number of benzene rings is 2. The molecule has 204 valence electrons. The number of hydrogen-bond donors (Lipinski definition) is 5. The van der Waals surface area contributed by atoms with E-state index in [4.69, 9.17) is 5.73 Å². The predicted octanol–water partition coefficient (Wildman–Crippen LogP) is 2.06. The highest BCUT2D eigenvalue weighted by molar-refractivity contribution is 6.24. The number of ketones is 2. The number of hydrogen-bond acceptors (Lipinski definition) is 8. The number of aliphatic hydroxyl groups excluding tert-OH is 2. The van der Waals surface area contributed by atoms with Crippen molar-refractivity contribution in [1.29, 1.82) is 0 Å². The molecule has 39 heavy (non-hydrogen) atoms.